The first-order valence-corrected chi connectivity index (χ1v) is 8.22. The molecule has 23 heavy (non-hydrogen) atoms. The van der Waals surface area contributed by atoms with Gasteiger partial charge in [-0.15, -0.1) is 11.3 Å². The maximum atomic E-state index is 11.9. The molecule has 0 saturated carbocycles. The lowest BCUT2D eigenvalue weighted by Gasteiger charge is -2.22. The van der Waals surface area contributed by atoms with E-state index in [1.807, 2.05) is 42.6 Å². The highest BCUT2D eigenvalue weighted by Crippen LogP contribution is 2.24. The van der Waals surface area contributed by atoms with Gasteiger partial charge in [0.1, 0.15) is 11.4 Å². The molecule has 1 atom stereocenters. The Hall–Kier alpha value is -2.05. The molecule has 2 aromatic rings. The van der Waals surface area contributed by atoms with E-state index >= 15 is 0 Å². The van der Waals surface area contributed by atoms with Crippen LogP contribution in [0.2, 0.25) is 0 Å². The van der Waals surface area contributed by atoms with Crippen LogP contribution in [0.1, 0.15) is 22.9 Å². The van der Waals surface area contributed by atoms with Gasteiger partial charge in [-0.1, -0.05) is 18.2 Å². The Morgan fingerprint density at radius 3 is 2.74 bits per heavy atom. The molecule has 1 unspecified atom stereocenters. The quantitative estimate of drug-likeness (QED) is 0.761. The molecule has 0 aliphatic heterocycles. The van der Waals surface area contributed by atoms with Gasteiger partial charge in [0, 0.05) is 11.4 Å². The molecule has 1 heterocycles. The highest BCUT2D eigenvalue weighted by molar-refractivity contribution is 7.10. The van der Waals surface area contributed by atoms with Crippen molar-refractivity contribution in [1.82, 2.24) is 10.6 Å². The first kappa shape index (κ1) is 17.3. The maximum Gasteiger partial charge on any atom is 0.315 e. The number of carbonyl (C=O) groups is 1. The number of thiophene rings is 1. The van der Waals surface area contributed by atoms with E-state index < -0.39 is 5.60 Å². The van der Waals surface area contributed by atoms with E-state index in [1.54, 1.807) is 14.0 Å². The summed E-state index contributed by atoms with van der Waals surface area (Å²) in [4.78, 5) is 12.7. The molecular formula is C17H22N2O3S. The molecule has 0 radical (unpaired) electrons. The predicted molar refractivity (Wildman–Crippen MR) is 91.9 cm³/mol. The first-order chi connectivity index (χ1) is 10.9. The van der Waals surface area contributed by atoms with Crippen LogP contribution in [-0.2, 0) is 12.1 Å². The van der Waals surface area contributed by atoms with E-state index in [-0.39, 0.29) is 12.6 Å². The molecule has 6 heteroatoms. The van der Waals surface area contributed by atoms with E-state index in [0.29, 0.717) is 6.54 Å². The van der Waals surface area contributed by atoms with E-state index in [4.69, 9.17) is 4.74 Å². The molecule has 0 fully saturated rings. The lowest BCUT2D eigenvalue weighted by Crippen LogP contribution is -2.42. The summed E-state index contributed by atoms with van der Waals surface area (Å²) in [5, 5.41) is 17.7. The van der Waals surface area contributed by atoms with Crippen LogP contribution in [-0.4, -0.2) is 24.8 Å². The van der Waals surface area contributed by atoms with Gasteiger partial charge in [0.2, 0.25) is 0 Å². The van der Waals surface area contributed by atoms with Gasteiger partial charge in [-0.3, -0.25) is 0 Å². The normalized spacial score (nSPS) is 13.2. The van der Waals surface area contributed by atoms with Crippen molar-refractivity contribution in [1.29, 1.82) is 0 Å². The molecular weight excluding hydrogens is 312 g/mol. The van der Waals surface area contributed by atoms with Gasteiger partial charge in [0.15, 0.2) is 0 Å². The zero-order valence-corrected chi connectivity index (χ0v) is 14.4. The SMILES string of the molecule is COc1ccc(CNC(=O)NCC(C)(O)c2cccs2)cc1C. The minimum absolute atomic E-state index is 0.154. The number of carbonyl (C=O) groups excluding carboxylic acids is 1. The summed E-state index contributed by atoms with van der Waals surface area (Å²) < 4.78 is 5.21. The molecule has 2 rings (SSSR count). The Morgan fingerprint density at radius 1 is 1.35 bits per heavy atom. The summed E-state index contributed by atoms with van der Waals surface area (Å²) in [5.41, 5.74) is 0.943. The van der Waals surface area contributed by atoms with E-state index in [1.165, 1.54) is 11.3 Å². The lowest BCUT2D eigenvalue weighted by molar-refractivity contribution is 0.0631. The molecule has 0 bridgehead atoms. The minimum atomic E-state index is -1.07. The Kier molecular flexibility index (Phi) is 5.63. The topological polar surface area (TPSA) is 70.6 Å². The van der Waals surface area contributed by atoms with Gasteiger partial charge in [0.25, 0.3) is 0 Å². The van der Waals surface area contributed by atoms with Crippen molar-refractivity contribution in [3.8, 4) is 5.75 Å². The fourth-order valence-corrected chi connectivity index (χ4v) is 3.01. The molecule has 1 aromatic heterocycles. The Morgan fingerprint density at radius 2 is 2.13 bits per heavy atom. The van der Waals surface area contributed by atoms with Gasteiger partial charge in [0.05, 0.1) is 13.7 Å². The van der Waals surface area contributed by atoms with Crippen LogP contribution in [0.25, 0.3) is 0 Å². The van der Waals surface area contributed by atoms with Crippen molar-refractivity contribution >= 4 is 17.4 Å². The highest BCUT2D eigenvalue weighted by atomic mass is 32.1. The Bertz CT molecular complexity index is 654. The maximum absolute atomic E-state index is 11.9. The number of hydrogen-bond donors (Lipinski definition) is 3. The number of ether oxygens (including phenoxy) is 1. The third kappa shape index (κ3) is 4.71. The zero-order chi connectivity index (χ0) is 16.9. The van der Waals surface area contributed by atoms with Crippen LogP contribution in [0.5, 0.6) is 5.75 Å². The summed E-state index contributed by atoms with van der Waals surface area (Å²) in [7, 11) is 1.63. The van der Waals surface area contributed by atoms with Gasteiger partial charge in [-0.25, -0.2) is 4.79 Å². The van der Waals surface area contributed by atoms with E-state index in [0.717, 1.165) is 21.8 Å². The Balaban J connectivity index is 1.82. The van der Waals surface area contributed by atoms with Crippen LogP contribution < -0.4 is 15.4 Å². The van der Waals surface area contributed by atoms with Crippen molar-refractivity contribution in [3.05, 3.63) is 51.7 Å². The van der Waals surface area contributed by atoms with Crippen LogP contribution in [0.4, 0.5) is 4.79 Å². The highest BCUT2D eigenvalue weighted by Gasteiger charge is 2.24. The number of nitrogens with one attached hydrogen (secondary N) is 2. The van der Waals surface area contributed by atoms with Crippen molar-refractivity contribution in [2.45, 2.75) is 26.0 Å². The molecule has 5 nitrogen and oxygen atoms in total. The summed E-state index contributed by atoms with van der Waals surface area (Å²) in [6, 6.07) is 9.18. The number of amides is 2. The molecule has 0 aliphatic carbocycles. The van der Waals surface area contributed by atoms with Crippen LogP contribution in [0.15, 0.2) is 35.7 Å². The average molecular weight is 334 g/mol. The molecule has 2 amide bonds. The second-order valence-corrected chi connectivity index (χ2v) is 6.54. The zero-order valence-electron chi connectivity index (χ0n) is 13.6. The molecule has 124 valence electrons. The monoisotopic (exact) mass is 334 g/mol. The van der Waals surface area contributed by atoms with Crippen molar-refractivity contribution in [2.75, 3.05) is 13.7 Å². The summed E-state index contributed by atoms with van der Waals surface area (Å²) in [6.07, 6.45) is 0. The number of rotatable bonds is 6. The van der Waals surface area contributed by atoms with Crippen molar-refractivity contribution < 1.29 is 14.6 Å². The minimum Gasteiger partial charge on any atom is -0.496 e. The third-order valence-electron chi connectivity index (χ3n) is 3.56. The van der Waals surface area contributed by atoms with Crippen LogP contribution in [0, 0.1) is 6.92 Å². The van der Waals surface area contributed by atoms with Crippen LogP contribution in [0.3, 0.4) is 0 Å². The Labute approximate surface area is 140 Å². The summed E-state index contributed by atoms with van der Waals surface area (Å²) in [5.74, 6) is 0.824. The molecule has 0 saturated heterocycles. The first-order valence-electron chi connectivity index (χ1n) is 7.34. The summed E-state index contributed by atoms with van der Waals surface area (Å²) >= 11 is 1.46. The number of methoxy groups -OCH3 is 1. The standard InChI is InChI=1S/C17H22N2O3S/c1-12-9-13(6-7-14(12)22-3)10-18-16(20)19-11-17(2,21)15-5-4-8-23-15/h4-9,21H,10-11H2,1-3H3,(H2,18,19,20). The van der Waals surface area contributed by atoms with Gasteiger partial charge < -0.3 is 20.5 Å². The fraction of sp³-hybridized carbons (Fsp3) is 0.353. The molecule has 0 spiro atoms. The van der Waals surface area contributed by atoms with E-state index in [2.05, 4.69) is 10.6 Å². The number of urea groups is 1. The van der Waals surface area contributed by atoms with E-state index in [9.17, 15) is 9.90 Å². The lowest BCUT2D eigenvalue weighted by atomic mass is 10.1. The molecule has 3 N–H and O–H groups in total. The largest absolute Gasteiger partial charge is 0.496 e. The number of aliphatic hydroxyl groups is 1. The third-order valence-corrected chi connectivity index (χ3v) is 4.68. The number of aryl methyl sites for hydroxylation is 1. The number of benzene rings is 1. The van der Waals surface area contributed by atoms with Gasteiger partial charge in [-0.2, -0.15) is 0 Å². The van der Waals surface area contributed by atoms with Gasteiger partial charge >= 0.3 is 6.03 Å². The van der Waals surface area contributed by atoms with Crippen LogP contribution >= 0.6 is 11.3 Å². The smallest absolute Gasteiger partial charge is 0.315 e. The number of hydrogen-bond acceptors (Lipinski definition) is 4. The predicted octanol–water partition coefficient (Wildman–Crippen LogP) is 2.77. The second kappa shape index (κ2) is 7.48. The summed E-state index contributed by atoms with van der Waals surface area (Å²) in [6.45, 7) is 4.21. The molecule has 1 aromatic carbocycles. The fourth-order valence-electron chi connectivity index (χ4n) is 2.22. The molecule has 0 aliphatic rings. The van der Waals surface area contributed by atoms with Crippen molar-refractivity contribution in [2.24, 2.45) is 0 Å². The average Bonchev–Trinajstić information content (AvgIpc) is 3.06. The van der Waals surface area contributed by atoms with Crippen molar-refractivity contribution in [3.63, 3.8) is 0 Å². The second-order valence-electron chi connectivity index (χ2n) is 5.59. The van der Waals surface area contributed by atoms with Gasteiger partial charge in [-0.05, 0) is 42.5 Å².